The molecule has 4 aromatic rings. The van der Waals surface area contributed by atoms with Crippen molar-refractivity contribution in [2.24, 2.45) is 4.99 Å². The van der Waals surface area contributed by atoms with Crippen molar-refractivity contribution in [1.29, 1.82) is 0 Å². The Bertz CT molecular complexity index is 1700. The maximum atomic E-state index is 5.07. The Kier molecular flexibility index (Phi) is 6.06. The maximum Gasteiger partial charge on any atom is 0.0846 e. The molecule has 0 saturated carbocycles. The highest BCUT2D eigenvalue weighted by atomic mass is 14.8. The topological polar surface area (TPSA) is 12.4 Å². The first-order chi connectivity index (χ1) is 19.4. The van der Waals surface area contributed by atoms with E-state index in [-0.39, 0.29) is 0 Å². The molecule has 39 heavy (non-hydrogen) atoms. The normalized spacial score (nSPS) is 22.5. The molecule has 2 aliphatic carbocycles. The van der Waals surface area contributed by atoms with Crippen molar-refractivity contribution in [3.63, 3.8) is 0 Å². The van der Waals surface area contributed by atoms with Crippen LogP contribution < -0.4 is 0 Å². The van der Waals surface area contributed by atoms with Crippen molar-refractivity contribution in [2.45, 2.75) is 31.1 Å². The summed E-state index contributed by atoms with van der Waals surface area (Å²) in [7, 11) is 0. The Morgan fingerprint density at radius 1 is 0.641 bits per heavy atom. The van der Waals surface area contributed by atoms with Crippen molar-refractivity contribution < 1.29 is 0 Å². The molecular weight excluding hydrogens is 470 g/mol. The second kappa shape index (κ2) is 10.0. The van der Waals surface area contributed by atoms with Crippen LogP contribution in [0.15, 0.2) is 139 Å². The van der Waals surface area contributed by atoms with Crippen LogP contribution in [0.1, 0.15) is 52.6 Å². The van der Waals surface area contributed by atoms with Gasteiger partial charge in [-0.25, -0.2) is 0 Å². The van der Waals surface area contributed by atoms with Gasteiger partial charge in [-0.3, -0.25) is 4.99 Å². The number of nitrogens with zero attached hydrogens (tertiary/aromatic N) is 1. The molecule has 1 heterocycles. The summed E-state index contributed by atoms with van der Waals surface area (Å²) in [4.78, 5) is 5.07. The number of aliphatic imine (C=N–C) groups is 1. The molecular formula is C38H31N. The highest BCUT2D eigenvalue weighted by Crippen LogP contribution is 2.56. The van der Waals surface area contributed by atoms with Gasteiger partial charge in [-0.2, -0.15) is 0 Å². The Hall–Kier alpha value is -4.49. The van der Waals surface area contributed by atoms with Crippen molar-refractivity contribution in [3.05, 3.63) is 167 Å². The molecule has 7 rings (SSSR count). The molecule has 0 aromatic heterocycles. The monoisotopic (exact) mass is 501 g/mol. The number of hydrogen-bond donors (Lipinski definition) is 0. The minimum atomic E-state index is -0.396. The molecule has 0 amide bonds. The number of benzene rings is 4. The van der Waals surface area contributed by atoms with Gasteiger partial charge < -0.3 is 0 Å². The molecule has 1 unspecified atom stereocenters. The fraction of sp³-hybridized carbons (Fsp3) is 0.132. The summed E-state index contributed by atoms with van der Waals surface area (Å²) in [6.45, 7) is 0. The molecule has 0 N–H and O–H groups in total. The molecule has 4 aromatic carbocycles. The van der Waals surface area contributed by atoms with Crippen LogP contribution in [0.3, 0.4) is 0 Å². The van der Waals surface area contributed by atoms with Gasteiger partial charge in [0.1, 0.15) is 0 Å². The molecule has 1 aliphatic heterocycles. The molecule has 1 heteroatoms. The summed E-state index contributed by atoms with van der Waals surface area (Å²) in [5, 5.41) is 0. The van der Waals surface area contributed by atoms with Gasteiger partial charge in [0, 0.05) is 11.9 Å². The lowest BCUT2D eigenvalue weighted by Gasteiger charge is -2.35. The van der Waals surface area contributed by atoms with Gasteiger partial charge in [-0.1, -0.05) is 134 Å². The van der Waals surface area contributed by atoms with Crippen LogP contribution in [0.5, 0.6) is 0 Å². The second-order valence-corrected chi connectivity index (χ2v) is 10.5. The summed E-state index contributed by atoms with van der Waals surface area (Å²) in [5.74, 6) is 0. The fourth-order valence-electron chi connectivity index (χ4n) is 6.68. The zero-order valence-electron chi connectivity index (χ0n) is 22.1. The van der Waals surface area contributed by atoms with Crippen molar-refractivity contribution in [1.82, 2.24) is 0 Å². The molecule has 0 spiro atoms. The standard InChI is InChI=1S/C38H31N/c1-2-20-31(21-3-1)38(36-26-10-11-27-39-36)34-24-9-8-22-33(34)37-32(23-13-25-35(37)38)30-17-7-6-15-28-14-4-5-16-29(28)18-12-19-30/h1-6,8-9,11-17,19-25,27H,7,10,18,26H2/b15-6-,19-12-,30-17+. The summed E-state index contributed by atoms with van der Waals surface area (Å²) in [5.41, 5.74) is 12.7. The predicted molar refractivity (Wildman–Crippen MR) is 165 cm³/mol. The van der Waals surface area contributed by atoms with E-state index in [4.69, 9.17) is 4.99 Å². The van der Waals surface area contributed by atoms with Crippen LogP contribution in [0.4, 0.5) is 0 Å². The van der Waals surface area contributed by atoms with Gasteiger partial charge in [-0.05, 0) is 75.8 Å². The zero-order valence-corrected chi connectivity index (χ0v) is 22.1. The van der Waals surface area contributed by atoms with Crippen LogP contribution in [-0.4, -0.2) is 5.71 Å². The van der Waals surface area contributed by atoms with E-state index in [1.54, 1.807) is 0 Å². The molecule has 188 valence electrons. The average Bonchev–Trinajstić information content (AvgIpc) is 3.32. The molecule has 1 atom stereocenters. The zero-order chi connectivity index (χ0) is 26.1. The van der Waals surface area contributed by atoms with Gasteiger partial charge in [-0.15, -0.1) is 0 Å². The van der Waals surface area contributed by atoms with E-state index in [0.717, 1.165) is 25.7 Å². The Balaban J connectivity index is 1.46. The van der Waals surface area contributed by atoms with E-state index in [9.17, 15) is 0 Å². The van der Waals surface area contributed by atoms with Crippen molar-refractivity contribution in [2.75, 3.05) is 0 Å². The smallest absolute Gasteiger partial charge is 0.0846 e. The van der Waals surface area contributed by atoms with E-state index in [1.807, 2.05) is 6.20 Å². The van der Waals surface area contributed by atoms with Crippen LogP contribution in [-0.2, 0) is 11.8 Å². The largest absolute Gasteiger partial charge is 0.264 e. The number of rotatable bonds is 3. The third-order valence-corrected chi connectivity index (χ3v) is 8.36. The van der Waals surface area contributed by atoms with Crippen LogP contribution in [0.25, 0.3) is 22.8 Å². The molecule has 0 saturated heterocycles. The third kappa shape index (κ3) is 3.89. The molecule has 3 aliphatic rings. The molecule has 0 bridgehead atoms. The number of allylic oxidation sites excluding steroid dienone is 6. The van der Waals surface area contributed by atoms with E-state index >= 15 is 0 Å². The van der Waals surface area contributed by atoms with Gasteiger partial charge in [0.05, 0.1) is 5.41 Å². The number of fused-ring (bicyclic) bond motifs is 4. The molecule has 0 radical (unpaired) electrons. The second-order valence-electron chi connectivity index (χ2n) is 10.5. The summed E-state index contributed by atoms with van der Waals surface area (Å²) in [6.07, 6.45) is 19.6. The first-order valence-corrected chi connectivity index (χ1v) is 14.0. The van der Waals surface area contributed by atoms with Gasteiger partial charge >= 0.3 is 0 Å². The third-order valence-electron chi connectivity index (χ3n) is 8.36. The maximum absolute atomic E-state index is 5.07. The average molecular weight is 502 g/mol. The number of hydrogen-bond acceptors (Lipinski definition) is 1. The van der Waals surface area contributed by atoms with Crippen LogP contribution in [0.2, 0.25) is 0 Å². The quantitative estimate of drug-likeness (QED) is 0.265. The van der Waals surface area contributed by atoms with Gasteiger partial charge in [0.15, 0.2) is 0 Å². The Labute approximate surface area is 231 Å². The highest BCUT2D eigenvalue weighted by molar-refractivity contribution is 6.10. The fourth-order valence-corrected chi connectivity index (χ4v) is 6.68. The minimum Gasteiger partial charge on any atom is -0.264 e. The van der Waals surface area contributed by atoms with E-state index in [1.165, 1.54) is 55.8 Å². The van der Waals surface area contributed by atoms with E-state index in [2.05, 4.69) is 134 Å². The highest BCUT2D eigenvalue weighted by Gasteiger charge is 2.48. The van der Waals surface area contributed by atoms with E-state index < -0.39 is 5.41 Å². The van der Waals surface area contributed by atoms with Crippen molar-refractivity contribution >= 4 is 17.4 Å². The Morgan fingerprint density at radius 3 is 2.33 bits per heavy atom. The van der Waals surface area contributed by atoms with Gasteiger partial charge in [0.25, 0.3) is 0 Å². The lowest BCUT2D eigenvalue weighted by molar-refractivity contribution is 0.812. The van der Waals surface area contributed by atoms with E-state index in [0.29, 0.717) is 0 Å². The Morgan fingerprint density at radius 2 is 1.44 bits per heavy atom. The van der Waals surface area contributed by atoms with Crippen LogP contribution >= 0.6 is 0 Å². The predicted octanol–water partition coefficient (Wildman–Crippen LogP) is 9.35. The van der Waals surface area contributed by atoms with Crippen LogP contribution in [0, 0.1) is 0 Å². The summed E-state index contributed by atoms with van der Waals surface area (Å²) in [6, 6.07) is 35.6. The summed E-state index contributed by atoms with van der Waals surface area (Å²) < 4.78 is 0. The first kappa shape index (κ1) is 23.6. The van der Waals surface area contributed by atoms with Crippen molar-refractivity contribution in [3.8, 4) is 11.1 Å². The van der Waals surface area contributed by atoms with Gasteiger partial charge in [0.2, 0.25) is 0 Å². The lowest BCUT2D eigenvalue weighted by Crippen LogP contribution is -2.37. The lowest BCUT2D eigenvalue weighted by atomic mass is 9.67. The SMILES string of the molecule is C1=CN=C(C2(c3ccccc3)c3ccccc3-c3c(C4=C/C/C=C\c5ccccc5C/C=C\4)cccc32)CC1. The molecule has 1 nitrogen and oxygen atoms in total. The first-order valence-electron chi connectivity index (χ1n) is 14.0. The summed E-state index contributed by atoms with van der Waals surface area (Å²) >= 11 is 0. The molecule has 0 fully saturated rings. The minimum absolute atomic E-state index is 0.396.